The van der Waals surface area contributed by atoms with Crippen molar-refractivity contribution in [2.24, 2.45) is 0 Å². The van der Waals surface area contributed by atoms with Gasteiger partial charge in [-0.15, -0.1) is 0 Å². The summed E-state index contributed by atoms with van der Waals surface area (Å²) >= 11 is 0. The largest absolute Gasteiger partial charge is 0.348 e. The Morgan fingerprint density at radius 2 is 2.20 bits per heavy atom. The molecule has 1 amide bonds. The molecule has 25 heavy (non-hydrogen) atoms. The smallest absolute Gasteiger partial charge is 0.252 e. The van der Waals surface area contributed by atoms with Gasteiger partial charge in [-0.2, -0.15) is 5.10 Å². The van der Waals surface area contributed by atoms with Crippen molar-refractivity contribution in [2.75, 3.05) is 13.1 Å². The van der Waals surface area contributed by atoms with Gasteiger partial charge >= 0.3 is 0 Å². The molecule has 1 fully saturated rings. The van der Waals surface area contributed by atoms with E-state index in [0.29, 0.717) is 12.1 Å². The number of aryl methyl sites for hydroxylation is 1. The van der Waals surface area contributed by atoms with E-state index in [1.54, 1.807) is 6.20 Å². The number of fused-ring (bicyclic) bond motifs is 1. The van der Waals surface area contributed by atoms with Crippen LogP contribution in [0, 0.1) is 0 Å². The summed E-state index contributed by atoms with van der Waals surface area (Å²) in [5, 5.41) is 11.6. The number of carbonyl (C=O) groups excluding carboxylic acids is 1. The Morgan fingerprint density at radius 1 is 1.36 bits per heavy atom. The second-order valence-electron chi connectivity index (χ2n) is 6.28. The molecule has 0 saturated carbocycles. The fourth-order valence-corrected chi connectivity index (χ4v) is 3.26. The Bertz CT molecular complexity index is 897. The second kappa shape index (κ2) is 6.64. The molecule has 3 heterocycles. The lowest BCUT2D eigenvalue weighted by Gasteiger charge is -2.13. The summed E-state index contributed by atoms with van der Waals surface area (Å²) in [4.78, 5) is 17.7. The Morgan fingerprint density at radius 3 is 2.92 bits per heavy atom. The zero-order valence-electron chi connectivity index (χ0n) is 14.2. The monoisotopic (exact) mass is 335 g/mol. The quantitative estimate of drug-likeness (QED) is 0.767. The van der Waals surface area contributed by atoms with Gasteiger partial charge < -0.3 is 10.6 Å². The van der Waals surface area contributed by atoms with Gasteiger partial charge in [0.15, 0.2) is 5.65 Å². The molecule has 1 atom stereocenters. The Kier molecular flexibility index (Phi) is 4.19. The third-order valence-electron chi connectivity index (χ3n) is 4.62. The first kappa shape index (κ1) is 15.8. The molecule has 1 aromatic carbocycles. The number of aromatic nitrogens is 3. The number of rotatable bonds is 4. The fraction of sp³-hybridized carbons (Fsp3) is 0.316. The lowest BCUT2D eigenvalue weighted by atomic mass is 10.1. The molecule has 6 heteroatoms. The zero-order valence-corrected chi connectivity index (χ0v) is 14.2. The van der Waals surface area contributed by atoms with Crippen LogP contribution in [0.3, 0.4) is 0 Å². The van der Waals surface area contributed by atoms with Crippen molar-refractivity contribution in [2.45, 2.75) is 25.9 Å². The molecule has 0 aliphatic carbocycles. The van der Waals surface area contributed by atoms with Crippen LogP contribution in [0.15, 0.2) is 42.6 Å². The van der Waals surface area contributed by atoms with Gasteiger partial charge in [0.05, 0.1) is 22.8 Å². The van der Waals surface area contributed by atoms with Crippen molar-refractivity contribution in [3.05, 3.63) is 48.2 Å². The normalized spacial score (nSPS) is 17.1. The molecule has 3 aromatic rings. The first-order valence-electron chi connectivity index (χ1n) is 8.70. The summed E-state index contributed by atoms with van der Waals surface area (Å²) in [6.07, 6.45) is 2.70. The van der Waals surface area contributed by atoms with E-state index in [1.165, 1.54) is 0 Å². The highest BCUT2D eigenvalue weighted by molar-refractivity contribution is 6.06. The van der Waals surface area contributed by atoms with Gasteiger partial charge in [0.1, 0.15) is 0 Å². The Balaban J connectivity index is 1.81. The highest BCUT2D eigenvalue weighted by Gasteiger charge is 2.21. The molecular weight excluding hydrogens is 314 g/mol. The van der Waals surface area contributed by atoms with Crippen molar-refractivity contribution in [3.8, 4) is 11.3 Å². The third-order valence-corrected chi connectivity index (χ3v) is 4.62. The number of hydrogen-bond acceptors (Lipinski definition) is 4. The van der Waals surface area contributed by atoms with Gasteiger partial charge in [0.25, 0.3) is 5.91 Å². The van der Waals surface area contributed by atoms with Crippen molar-refractivity contribution in [3.63, 3.8) is 0 Å². The first-order valence-corrected chi connectivity index (χ1v) is 8.70. The molecule has 6 nitrogen and oxygen atoms in total. The molecule has 1 unspecified atom stereocenters. The van der Waals surface area contributed by atoms with Gasteiger partial charge in [-0.1, -0.05) is 30.3 Å². The van der Waals surface area contributed by atoms with Crippen LogP contribution in [0.4, 0.5) is 0 Å². The molecule has 2 N–H and O–H groups in total. The second-order valence-corrected chi connectivity index (χ2v) is 6.28. The van der Waals surface area contributed by atoms with E-state index in [-0.39, 0.29) is 11.9 Å². The summed E-state index contributed by atoms with van der Waals surface area (Å²) in [6.45, 7) is 4.50. The van der Waals surface area contributed by atoms with Crippen LogP contribution in [0.1, 0.15) is 23.7 Å². The summed E-state index contributed by atoms with van der Waals surface area (Å²) < 4.78 is 1.83. The number of nitrogens with one attached hydrogen (secondary N) is 2. The van der Waals surface area contributed by atoms with E-state index >= 15 is 0 Å². The van der Waals surface area contributed by atoms with Crippen LogP contribution in [-0.4, -0.2) is 39.8 Å². The summed E-state index contributed by atoms with van der Waals surface area (Å²) in [7, 11) is 0. The number of amides is 1. The molecule has 128 valence electrons. The van der Waals surface area contributed by atoms with Crippen molar-refractivity contribution in [1.82, 2.24) is 25.4 Å². The van der Waals surface area contributed by atoms with Crippen LogP contribution in [-0.2, 0) is 6.54 Å². The summed E-state index contributed by atoms with van der Waals surface area (Å²) in [5.41, 5.74) is 3.16. The Labute approximate surface area is 146 Å². The zero-order chi connectivity index (χ0) is 17.2. The standard InChI is InChI=1S/C19H21N5O/c1-2-24-18-16(12-21-24)15(19(25)22-14-8-9-20-11-14)10-17(23-18)13-6-4-3-5-7-13/h3-7,10,12,14,20H,2,8-9,11H2,1H3,(H,22,25). The van der Waals surface area contributed by atoms with E-state index in [9.17, 15) is 4.79 Å². The number of pyridine rings is 1. The number of carbonyl (C=O) groups is 1. The highest BCUT2D eigenvalue weighted by atomic mass is 16.1. The lowest BCUT2D eigenvalue weighted by molar-refractivity contribution is 0.0941. The third kappa shape index (κ3) is 3.00. The SMILES string of the molecule is CCn1ncc2c(C(=O)NC3CCNC3)cc(-c3ccccc3)nc21. The van der Waals surface area contributed by atoms with E-state index < -0.39 is 0 Å². The predicted octanol–water partition coefficient (Wildman–Crippen LogP) is 2.21. The first-order chi connectivity index (χ1) is 12.3. The van der Waals surface area contributed by atoms with Crippen LogP contribution in [0.2, 0.25) is 0 Å². The average Bonchev–Trinajstić information content (AvgIpc) is 3.30. The predicted molar refractivity (Wildman–Crippen MR) is 97.4 cm³/mol. The molecular formula is C19H21N5O. The van der Waals surface area contributed by atoms with Gasteiger partial charge in [-0.05, 0) is 26.0 Å². The van der Waals surface area contributed by atoms with Crippen molar-refractivity contribution >= 4 is 16.9 Å². The molecule has 0 spiro atoms. The van der Waals surface area contributed by atoms with Crippen LogP contribution in [0.25, 0.3) is 22.3 Å². The maximum absolute atomic E-state index is 12.9. The molecule has 1 saturated heterocycles. The van der Waals surface area contributed by atoms with Gasteiger partial charge in [-0.3, -0.25) is 4.79 Å². The summed E-state index contributed by atoms with van der Waals surface area (Å²) in [6, 6.07) is 12.0. The van der Waals surface area contributed by atoms with E-state index in [2.05, 4.69) is 15.7 Å². The lowest BCUT2D eigenvalue weighted by Crippen LogP contribution is -2.36. The minimum atomic E-state index is -0.0612. The van der Waals surface area contributed by atoms with Crippen LogP contribution in [0.5, 0.6) is 0 Å². The molecule has 0 bridgehead atoms. The van der Waals surface area contributed by atoms with Crippen LogP contribution < -0.4 is 10.6 Å². The summed E-state index contributed by atoms with van der Waals surface area (Å²) in [5.74, 6) is -0.0612. The van der Waals surface area contributed by atoms with Crippen LogP contribution >= 0.6 is 0 Å². The number of benzene rings is 1. The Hall–Kier alpha value is -2.73. The maximum atomic E-state index is 12.9. The topological polar surface area (TPSA) is 71.8 Å². The average molecular weight is 335 g/mol. The molecule has 0 radical (unpaired) electrons. The minimum Gasteiger partial charge on any atom is -0.348 e. The molecule has 4 rings (SSSR count). The van der Waals surface area contributed by atoms with Gasteiger partial charge in [0, 0.05) is 24.7 Å². The fourth-order valence-electron chi connectivity index (χ4n) is 3.26. The van der Waals surface area contributed by atoms with Gasteiger partial charge in [0.2, 0.25) is 0 Å². The molecule has 1 aliphatic heterocycles. The number of nitrogens with zero attached hydrogens (tertiary/aromatic N) is 3. The molecule has 1 aliphatic rings. The highest BCUT2D eigenvalue weighted by Crippen LogP contribution is 2.25. The minimum absolute atomic E-state index is 0.0612. The van der Waals surface area contributed by atoms with E-state index in [1.807, 2.05) is 48.0 Å². The van der Waals surface area contributed by atoms with Crippen molar-refractivity contribution in [1.29, 1.82) is 0 Å². The number of hydrogen-bond donors (Lipinski definition) is 2. The van der Waals surface area contributed by atoms with Crippen molar-refractivity contribution < 1.29 is 4.79 Å². The van der Waals surface area contributed by atoms with Gasteiger partial charge in [-0.25, -0.2) is 9.67 Å². The molecule has 2 aromatic heterocycles. The van der Waals surface area contributed by atoms with E-state index in [0.717, 1.165) is 41.8 Å². The van der Waals surface area contributed by atoms with E-state index in [4.69, 9.17) is 4.98 Å². The maximum Gasteiger partial charge on any atom is 0.252 e.